The van der Waals surface area contributed by atoms with Crippen LogP contribution in [0.3, 0.4) is 0 Å². The fourth-order valence-corrected chi connectivity index (χ4v) is 3.71. The van der Waals surface area contributed by atoms with Crippen molar-refractivity contribution >= 4 is 8.32 Å². The molecule has 0 saturated carbocycles. The molecule has 150 valence electrons. The Kier molecular flexibility index (Phi) is 9.05. The van der Waals surface area contributed by atoms with Gasteiger partial charge in [0.25, 0.3) is 0 Å². The van der Waals surface area contributed by atoms with Crippen molar-refractivity contribution in [2.24, 2.45) is 0 Å². The zero-order valence-corrected chi connectivity index (χ0v) is 18.2. The maximum atomic E-state index is 9.97. The highest BCUT2D eigenvalue weighted by molar-refractivity contribution is 6.74. The first kappa shape index (κ1) is 23.1. The summed E-state index contributed by atoms with van der Waals surface area (Å²) in [5, 5.41) is 19.9. The molecule has 25 heavy (non-hydrogen) atoms. The maximum absolute atomic E-state index is 9.97. The Morgan fingerprint density at radius 3 is 2.36 bits per heavy atom. The van der Waals surface area contributed by atoms with Crippen molar-refractivity contribution in [3.05, 3.63) is 0 Å². The van der Waals surface area contributed by atoms with Gasteiger partial charge < -0.3 is 24.1 Å². The van der Waals surface area contributed by atoms with E-state index in [9.17, 15) is 10.2 Å². The summed E-state index contributed by atoms with van der Waals surface area (Å²) in [5.74, 6) is 0. The molecule has 0 aromatic heterocycles. The van der Waals surface area contributed by atoms with Gasteiger partial charge in [-0.15, -0.1) is 0 Å². The van der Waals surface area contributed by atoms with E-state index < -0.39 is 26.8 Å². The first-order valence-electron chi connectivity index (χ1n) is 9.75. The van der Waals surface area contributed by atoms with E-state index in [2.05, 4.69) is 33.9 Å². The lowest BCUT2D eigenvalue weighted by Crippen LogP contribution is -2.48. The van der Waals surface area contributed by atoms with Gasteiger partial charge in [-0.2, -0.15) is 0 Å². The number of ether oxygens (including phenoxy) is 2. The van der Waals surface area contributed by atoms with Crippen LogP contribution >= 0.6 is 0 Å². The number of aliphatic hydroxyl groups excluding tert-OH is 2. The maximum Gasteiger partial charge on any atom is 0.191 e. The van der Waals surface area contributed by atoms with Crippen molar-refractivity contribution in [2.75, 3.05) is 6.61 Å². The second-order valence-corrected chi connectivity index (χ2v) is 13.8. The van der Waals surface area contributed by atoms with Gasteiger partial charge in [-0.3, -0.25) is 0 Å². The van der Waals surface area contributed by atoms with E-state index in [1.54, 1.807) is 6.92 Å². The summed E-state index contributed by atoms with van der Waals surface area (Å²) in [6, 6.07) is 0. The second kappa shape index (κ2) is 9.81. The van der Waals surface area contributed by atoms with Crippen LogP contribution in [0.1, 0.15) is 66.7 Å². The van der Waals surface area contributed by atoms with Crippen molar-refractivity contribution in [3.63, 3.8) is 0 Å². The van der Waals surface area contributed by atoms with Crippen LogP contribution in [0, 0.1) is 0 Å². The van der Waals surface area contributed by atoms with Gasteiger partial charge >= 0.3 is 0 Å². The summed E-state index contributed by atoms with van der Waals surface area (Å²) in [4.78, 5) is 0. The molecule has 0 bridgehead atoms. The topological polar surface area (TPSA) is 68.2 Å². The molecule has 5 nitrogen and oxygen atoms in total. The van der Waals surface area contributed by atoms with Gasteiger partial charge in [0.2, 0.25) is 0 Å². The lowest BCUT2D eigenvalue weighted by Gasteiger charge is -2.36. The Morgan fingerprint density at radius 2 is 1.76 bits per heavy atom. The van der Waals surface area contributed by atoms with Crippen molar-refractivity contribution in [1.82, 2.24) is 0 Å². The summed E-state index contributed by atoms with van der Waals surface area (Å²) in [6.07, 6.45) is 2.23. The number of rotatable bonds is 9. The van der Waals surface area contributed by atoms with Gasteiger partial charge in [-0.05, 0) is 44.8 Å². The highest BCUT2D eigenvalue weighted by Crippen LogP contribution is 2.36. The first-order chi connectivity index (χ1) is 11.4. The molecule has 1 aliphatic rings. The zero-order chi connectivity index (χ0) is 19.3. The second-order valence-electron chi connectivity index (χ2n) is 8.98. The molecular weight excluding hydrogens is 336 g/mol. The lowest BCUT2D eigenvalue weighted by molar-refractivity contribution is -0.273. The normalized spacial score (nSPS) is 29.6. The SMILES string of the molecule is C[C@H](CCCCCO[Si](C)(C)C(C)(C)C)O[C@@H]1O[C@@H](C)[C@H](O)C[C@H]1O. The molecule has 2 N–H and O–H groups in total. The summed E-state index contributed by atoms with van der Waals surface area (Å²) in [5.41, 5.74) is 0. The molecule has 0 amide bonds. The van der Waals surface area contributed by atoms with Crippen LogP contribution in [0.15, 0.2) is 0 Å². The van der Waals surface area contributed by atoms with Gasteiger partial charge in [0.15, 0.2) is 14.6 Å². The predicted molar refractivity (Wildman–Crippen MR) is 103 cm³/mol. The monoisotopic (exact) mass is 376 g/mol. The van der Waals surface area contributed by atoms with Crippen LogP contribution in [-0.4, -0.2) is 55.8 Å². The zero-order valence-electron chi connectivity index (χ0n) is 17.2. The van der Waals surface area contributed by atoms with E-state index in [1.165, 1.54) is 0 Å². The number of hydrogen-bond donors (Lipinski definition) is 2. The van der Waals surface area contributed by atoms with Crippen LogP contribution in [0.5, 0.6) is 0 Å². The fourth-order valence-electron chi connectivity index (χ4n) is 2.62. The largest absolute Gasteiger partial charge is 0.417 e. The quantitative estimate of drug-likeness (QED) is 0.473. The van der Waals surface area contributed by atoms with Crippen LogP contribution in [-0.2, 0) is 13.9 Å². The fraction of sp³-hybridized carbons (Fsp3) is 1.00. The van der Waals surface area contributed by atoms with Crippen LogP contribution in [0.4, 0.5) is 0 Å². The van der Waals surface area contributed by atoms with Gasteiger partial charge in [0, 0.05) is 13.0 Å². The minimum absolute atomic E-state index is 0.0309. The number of aliphatic hydroxyl groups is 2. The molecule has 0 aromatic carbocycles. The Labute approximate surface area is 155 Å². The number of unbranched alkanes of at least 4 members (excludes halogenated alkanes) is 2. The van der Waals surface area contributed by atoms with E-state index in [-0.39, 0.29) is 17.2 Å². The first-order valence-corrected chi connectivity index (χ1v) is 12.7. The van der Waals surface area contributed by atoms with Gasteiger partial charge in [0.1, 0.15) is 6.10 Å². The summed E-state index contributed by atoms with van der Waals surface area (Å²) >= 11 is 0. The Morgan fingerprint density at radius 1 is 1.12 bits per heavy atom. The standard InChI is InChI=1S/C19H40O5Si/c1-14(23-18-17(21)13-16(20)15(2)24-18)11-9-8-10-12-22-25(6,7)19(3,4)5/h14-18,20-21H,8-13H2,1-7H3/t14-,15+,16-,17-,18-/m1/s1. The van der Waals surface area contributed by atoms with Crippen LogP contribution in [0.2, 0.25) is 18.1 Å². The van der Waals surface area contributed by atoms with Crippen molar-refractivity contribution in [1.29, 1.82) is 0 Å². The van der Waals surface area contributed by atoms with Gasteiger partial charge in [0.05, 0.1) is 18.3 Å². The summed E-state index contributed by atoms with van der Waals surface area (Å²) in [6.45, 7) is 16.0. The van der Waals surface area contributed by atoms with E-state index in [4.69, 9.17) is 13.9 Å². The highest BCUT2D eigenvalue weighted by atomic mass is 28.4. The van der Waals surface area contributed by atoms with Crippen LogP contribution < -0.4 is 0 Å². The smallest absolute Gasteiger partial charge is 0.191 e. The molecule has 1 heterocycles. The lowest BCUT2D eigenvalue weighted by atomic mass is 10.0. The van der Waals surface area contributed by atoms with E-state index in [0.29, 0.717) is 6.42 Å². The number of hydrogen-bond acceptors (Lipinski definition) is 5. The highest BCUT2D eigenvalue weighted by Gasteiger charge is 2.37. The van der Waals surface area contributed by atoms with E-state index in [0.717, 1.165) is 32.3 Å². The molecule has 0 aromatic rings. The van der Waals surface area contributed by atoms with Gasteiger partial charge in [-0.25, -0.2) is 0 Å². The molecule has 0 aliphatic carbocycles. The Balaban J connectivity index is 2.16. The molecule has 0 radical (unpaired) electrons. The average molecular weight is 377 g/mol. The van der Waals surface area contributed by atoms with E-state index >= 15 is 0 Å². The third-order valence-corrected chi connectivity index (χ3v) is 10.1. The minimum atomic E-state index is -1.63. The molecule has 5 atom stereocenters. The van der Waals surface area contributed by atoms with E-state index in [1.807, 2.05) is 6.92 Å². The Bertz CT molecular complexity index is 383. The molecular formula is C19H40O5Si. The third-order valence-electron chi connectivity index (χ3n) is 5.58. The van der Waals surface area contributed by atoms with Crippen molar-refractivity contribution in [3.8, 4) is 0 Å². The Hall–Kier alpha value is 0.0169. The molecule has 1 rings (SSSR count). The summed E-state index contributed by atoms with van der Waals surface area (Å²) in [7, 11) is -1.63. The molecule has 1 saturated heterocycles. The van der Waals surface area contributed by atoms with Gasteiger partial charge in [-0.1, -0.05) is 33.6 Å². The van der Waals surface area contributed by atoms with Crippen LogP contribution in [0.25, 0.3) is 0 Å². The summed E-state index contributed by atoms with van der Waals surface area (Å²) < 4.78 is 17.6. The molecule has 0 unspecified atom stereocenters. The molecule has 6 heteroatoms. The van der Waals surface area contributed by atoms with Crippen molar-refractivity contribution in [2.45, 2.75) is 116 Å². The molecule has 1 fully saturated rings. The van der Waals surface area contributed by atoms with Crippen molar-refractivity contribution < 1.29 is 24.1 Å². The predicted octanol–water partition coefficient (Wildman–Crippen LogP) is 3.83. The molecule has 0 spiro atoms. The molecule has 1 aliphatic heterocycles. The third kappa shape index (κ3) is 7.65. The average Bonchev–Trinajstić information content (AvgIpc) is 2.47. The minimum Gasteiger partial charge on any atom is -0.417 e.